The minimum atomic E-state index is -1.24. The number of ether oxygens (including phenoxy) is 1. The fourth-order valence-electron chi connectivity index (χ4n) is 9.00. The third-order valence-corrected chi connectivity index (χ3v) is 12.4. The predicted molar refractivity (Wildman–Crippen MR) is 237 cm³/mol. The number of halogens is 3. The number of pyridine rings is 1. The van der Waals surface area contributed by atoms with Gasteiger partial charge in [0.2, 0.25) is 17.8 Å². The third-order valence-electron chi connectivity index (χ3n) is 12.4. The summed E-state index contributed by atoms with van der Waals surface area (Å²) in [6, 6.07) is 14.8. The molecule has 16 nitrogen and oxygen atoms in total. The Bertz CT molecular complexity index is 2520. The van der Waals surface area contributed by atoms with Crippen molar-refractivity contribution in [2.75, 3.05) is 67.2 Å². The van der Waals surface area contributed by atoms with E-state index < -0.39 is 40.9 Å². The number of hydrogen-bond donors (Lipinski definition) is 5. The zero-order chi connectivity index (χ0) is 45.7. The number of carbonyl (C=O) groups excluding carboxylic acids is 4. The fourth-order valence-corrected chi connectivity index (χ4v) is 9.00. The topological polar surface area (TPSA) is 200 Å². The number of imide groups is 1. The van der Waals surface area contributed by atoms with E-state index in [9.17, 15) is 19.2 Å². The molecular formula is C46H50F3N11O5. The Morgan fingerprint density at radius 1 is 0.938 bits per heavy atom. The standard InChI is InChI=1S/C46H50F3N11O5/c1-65-38-8-3-2-7-33(38)44(64)54-29-11-9-28(10-12-29)53-42-37(49)27-52-45(56-42)57-46(17-15-32(41(50)62)36(48)25-46)60-18-5-4-6-30(60)16-19-58-20-22-59(23-21-58)39-24-35(47)34(26-51-39)31-13-14-40(61)55-43(31)63/h2-3,7-12,15,17,24,26-27,30-31H,4-6,13-14,16,18-23,25H2,1H3,(H2,50,62)(H,54,64)(H,55,61,63)(H2,52,53,56,57). The molecule has 2 aromatic heterocycles. The Balaban J connectivity index is 0.931. The van der Waals surface area contributed by atoms with Gasteiger partial charge in [-0.2, -0.15) is 4.98 Å². The molecular weight excluding hydrogens is 844 g/mol. The smallest absolute Gasteiger partial charge is 0.259 e. The molecule has 3 aliphatic heterocycles. The zero-order valence-electron chi connectivity index (χ0n) is 35.8. The lowest BCUT2D eigenvalue weighted by atomic mass is 9.88. The first kappa shape index (κ1) is 44.7. The Kier molecular flexibility index (Phi) is 13.4. The molecule has 0 bridgehead atoms. The SMILES string of the molecule is COc1ccccc1C(=O)Nc1ccc(Nc2nc(NC3(N4CCCCC4CCN4CCN(c5cc(F)c(C6CCC(=O)NC6=O)cn5)CC4)C=CC(C(N)=O)=C(F)C3)ncc2F)cc1. The summed E-state index contributed by atoms with van der Waals surface area (Å²) in [7, 11) is 1.49. The Hall–Kier alpha value is -6.86. The van der Waals surface area contributed by atoms with Gasteiger partial charge in [0.15, 0.2) is 11.6 Å². The summed E-state index contributed by atoms with van der Waals surface area (Å²) < 4.78 is 51.8. The molecule has 3 unspecified atom stereocenters. The summed E-state index contributed by atoms with van der Waals surface area (Å²) in [5.74, 6) is -4.07. The van der Waals surface area contributed by atoms with Crippen LogP contribution in [0.1, 0.15) is 66.8 Å². The van der Waals surface area contributed by atoms with Crippen molar-refractivity contribution in [3.8, 4) is 5.75 Å². The van der Waals surface area contributed by atoms with Gasteiger partial charge in [0.25, 0.3) is 11.8 Å². The minimum absolute atomic E-state index is 0.0187. The van der Waals surface area contributed by atoms with E-state index >= 15 is 13.2 Å². The van der Waals surface area contributed by atoms with Gasteiger partial charge >= 0.3 is 0 Å². The van der Waals surface area contributed by atoms with E-state index in [4.69, 9.17) is 10.5 Å². The second kappa shape index (κ2) is 19.5. The number of hydrogen-bond acceptors (Lipinski definition) is 13. The highest BCUT2D eigenvalue weighted by atomic mass is 19.1. The molecule has 0 saturated carbocycles. The number of rotatable bonds is 14. The normalized spacial score (nSPS) is 21.8. The van der Waals surface area contributed by atoms with E-state index in [0.29, 0.717) is 61.2 Å². The average molecular weight is 894 g/mol. The quantitative estimate of drug-likeness (QED) is 0.0993. The van der Waals surface area contributed by atoms with Gasteiger partial charge in [-0.15, -0.1) is 0 Å². The maximum absolute atomic E-state index is 15.9. The van der Waals surface area contributed by atoms with Crippen molar-refractivity contribution >= 4 is 52.6 Å². The van der Waals surface area contributed by atoms with E-state index in [0.717, 1.165) is 38.4 Å². The van der Waals surface area contributed by atoms with Gasteiger partial charge < -0.3 is 31.3 Å². The second-order valence-corrected chi connectivity index (χ2v) is 16.5. The monoisotopic (exact) mass is 893 g/mol. The number of methoxy groups -OCH3 is 1. The molecule has 1 aliphatic carbocycles. The number of benzene rings is 2. The van der Waals surface area contributed by atoms with Crippen molar-refractivity contribution in [2.45, 2.75) is 62.6 Å². The van der Waals surface area contributed by atoms with Crippen molar-refractivity contribution in [3.63, 3.8) is 0 Å². The van der Waals surface area contributed by atoms with Crippen molar-refractivity contribution in [1.29, 1.82) is 0 Å². The number of piperazine rings is 1. The third kappa shape index (κ3) is 10.1. The molecule has 3 fully saturated rings. The molecule has 0 spiro atoms. The van der Waals surface area contributed by atoms with Crippen LogP contribution in [0.5, 0.6) is 5.75 Å². The first-order chi connectivity index (χ1) is 31.4. The molecule has 340 valence electrons. The van der Waals surface area contributed by atoms with Crippen molar-refractivity contribution in [2.24, 2.45) is 5.73 Å². The lowest BCUT2D eigenvalue weighted by molar-refractivity contribution is -0.134. The molecule has 3 saturated heterocycles. The molecule has 65 heavy (non-hydrogen) atoms. The molecule has 3 atom stereocenters. The molecule has 19 heteroatoms. The summed E-state index contributed by atoms with van der Waals surface area (Å²) >= 11 is 0. The average Bonchev–Trinajstić information content (AvgIpc) is 3.30. The highest BCUT2D eigenvalue weighted by Gasteiger charge is 2.44. The lowest BCUT2D eigenvalue weighted by Gasteiger charge is -2.50. The Morgan fingerprint density at radius 3 is 2.43 bits per heavy atom. The highest BCUT2D eigenvalue weighted by Crippen LogP contribution is 2.39. The van der Waals surface area contributed by atoms with Crippen LogP contribution >= 0.6 is 0 Å². The first-order valence-electron chi connectivity index (χ1n) is 21.6. The fraction of sp³-hybridized carbons (Fsp3) is 0.370. The number of carbonyl (C=O) groups is 4. The molecule has 4 aromatic rings. The Labute approximate surface area is 373 Å². The molecule has 4 amide bonds. The van der Waals surface area contributed by atoms with E-state index in [1.807, 2.05) is 4.90 Å². The van der Waals surface area contributed by atoms with Crippen LogP contribution in [0.3, 0.4) is 0 Å². The number of nitrogens with one attached hydrogen (secondary N) is 4. The molecule has 6 N–H and O–H groups in total. The lowest BCUT2D eigenvalue weighted by Crippen LogP contribution is -2.60. The van der Waals surface area contributed by atoms with Crippen molar-refractivity contribution in [3.05, 3.63) is 113 Å². The van der Waals surface area contributed by atoms with Gasteiger partial charge in [-0.05, 0) is 80.8 Å². The maximum atomic E-state index is 15.9. The number of nitrogens with zero attached hydrogens (tertiary/aromatic N) is 6. The summed E-state index contributed by atoms with van der Waals surface area (Å²) in [6.07, 6.45) is 8.96. The van der Waals surface area contributed by atoms with E-state index in [1.54, 1.807) is 54.6 Å². The predicted octanol–water partition coefficient (Wildman–Crippen LogP) is 5.52. The van der Waals surface area contributed by atoms with E-state index in [2.05, 4.69) is 46.0 Å². The number of primary amides is 1. The Morgan fingerprint density at radius 2 is 1.71 bits per heavy atom. The van der Waals surface area contributed by atoms with Gasteiger partial charge in [-0.3, -0.25) is 34.3 Å². The van der Waals surface area contributed by atoms with Crippen LogP contribution in [0.15, 0.2) is 90.5 Å². The van der Waals surface area contributed by atoms with Crippen LogP contribution in [0.4, 0.5) is 42.1 Å². The van der Waals surface area contributed by atoms with Crippen LogP contribution in [0.25, 0.3) is 0 Å². The molecule has 0 radical (unpaired) electrons. The van der Waals surface area contributed by atoms with Gasteiger partial charge in [-0.1, -0.05) is 18.6 Å². The summed E-state index contributed by atoms with van der Waals surface area (Å²) in [5.41, 5.74) is 5.59. The van der Waals surface area contributed by atoms with Crippen LogP contribution < -0.4 is 36.6 Å². The number of para-hydroxylation sites is 1. The van der Waals surface area contributed by atoms with Gasteiger partial charge in [0.1, 0.15) is 28.9 Å². The van der Waals surface area contributed by atoms with Crippen molar-refractivity contribution in [1.82, 2.24) is 30.1 Å². The number of aromatic nitrogens is 3. The van der Waals surface area contributed by atoms with E-state index in [-0.39, 0.29) is 60.0 Å². The van der Waals surface area contributed by atoms with E-state index in [1.165, 1.54) is 25.4 Å². The largest absolute Gasteiger partial charge is 0.496 e. The summed E-state index contributed by atoms with van der Waals surface area (Å²) in [6.45, 7) is 3.89. The minimum Gasteiger partial charge on any atom is -0.496 e. The number of likely N-dealkylation sites (tertiary alicyclic amines) is 1. The number of piperidine rings is 2. The van der Waals surface area contributed by atoms with Gasteiger partial charge in [0, 0.05) is 80.8 Å². The van der Waals surface area contributed by atoms with Gasteiger partial charge in [-0.25, -0.2) is 23.1 Å². The summed E-state index contributed by atoms with van der Waals surface area (Å²) in [5, 5.41) is 11.4. The van der Waals surface area contributed by atoms with Gasteiger partial charge in [0.05, 0.1) is 30.4 Å². The summed E-state index contributed by atoms with van der Waals surface area (Å²) in [4.78, 5) is 68.7. The number of nitrogens with two attached hydrogens (primary N) is 1. The molecule has 2 aromatic carbocycles. The van der Waals surface area contributed by atoms with Crippen LogP contribution in [-0.2, 0) is 14.4 Å². The zero-order valence-corrected chi connectivity index (χ0v) is 35.8. The first-order valence-corrected chi connectivity index (χ1v) is 21.6. The maximum Gasteiger partial charge on any atom is 0.259 e. The second-order valence-electron chi connectivity index (χ2n) is 16.5. The van der Waals surface area contributed by atoms with Crippen molar-refractivity contribution < 1.29 is 37.1 Å². The number of amides is 4. The highest BCUT2D eigenvalue weighted by molar-refractivity contribution is 6.06. The number of anilines is 5. The molecule has 5 heterocycles. The van der Waals surface area contributed by atoms with Crippen LogP contribution in [0, 0.1) is 11.6 Å². The van der Waals surface area contributed by atoms with Crippen LogP contribution in [-0.4, -0.2) is 106 Å². The molecule has 4 aliphatic rings. The molecule has 8 rings (SSSR count). The van der Waals surface area contributed by atoms with Crippen LogP contribution in [0.2, 0.25) is 0 Å².